The van der Waals surface area contributed by atoms with E-state index < -0.39 is 18.2 Å². The summed E-state index contributed by atoms with van der Waals surface area (Å²) in [6, 6.07) is 2.25. The van der Waals surface area contributed by atoms with E-state index in [2.05, 4.69) is 23.1 Å². The molecule has 0 spiro atoms. The van der Waals surface area contributed by atoms with Crippen LogP contribution in [0.5, 0.6) is 0 Å². The summed E-state index contributed by atoms with van der Waals surface area (Å²) >= 11 is 0. The number of piperidine rings is 1. The quantitative estimate of drug-likeness (QED) is 0.377. The van der Waals surface area contributed by atoms with Gasteiger partial charge in [0.2, 0.25) is 5.91 Å². The number of terminal acetylenes is 1. The molecule has 0 radical (unpaired) electrons. The molecule has 2 fully saturated rings. The van der Waals surface area contributed by atoms with Crippen molar-refractivity contribution in [2.24, 2.45) is 5.73 Å². The number of amides is 1. The standard InChI is InChI=1S/C21H29N5O4/c1-3-15-4-5-16(19(22)28)26(15)18(27)13-24-21(2)7-10-25(11-8-21)17-12-14(20(29)30)6-9-23-17/h1,6,9,12,15-16,19,24,28H,4-5,7-8,10-11,13,22H2,2H3,(H,29,30)/t15-,16-,19?/m0/s1. The van der Waals surface area contributed by atoms with Crippen molar-refractivity contribution in [2.75, 3.05) is 24.5 Å². The molecule has 3 rings (SSSR count). The number of aromatic carboxylic acids is 1. The van der Waals surface area contributed by atoms with Crippen LogP contribution >= 0.6 is 0 Å². The molecule has 0 bridgehead atoms. The molecule has 5 N–H and O–H groups in total. The molecular weight excluding hydrogens is 386 g/mol. The van der Waals surface area contributed by atoms with Gasteiger partial charge in [0, 0.05) is 24.8 Å². The van der Waals surface area contributed by atoms with Crippen molar-refractivity contribution < 1.29 is 19.8 Å². The van der Waals surface area contributed by atoms with E-state index in [1.54, 1.807) is 6.07 Å². The van der Waals surface area contributed by atoms with Crippen LogP contribution in [0.25, 0.3) is 0 Å². The first-order chi connectivity index (χ1) is 14.2. The molecule has 0 saturated carbocycles. The van der Waals surface area contributed by atoms with Gasteiger partial charge in [0.15, 0.2) is 0 Å². The van der Waals surface area contributed by atoms with Crippen molar-refractivity contribution >= 4 is 17.7 Å². The number of carboxylic acid groups (broad SMARTS) is 1. The lowest BCUT2D eigenvalue weighted by Gasteiger charge is -2.41. The second-order valence-corrected chi connectivity index (χ2v) is 8.23. The number of carboxylic acids is 1. The Kier molecular flexibility index (Phi) is 6.61. The number of nitrogens with two attached hydrogens (primary N) is 1. The molecule has 0 aliphatic carbocycles. The highest BCUT2D eigenvalue weighted by Crippen LogP contribution is 2.27. The number of carbonyl (C=O) groups excluding carboxylic acids is 1. The minimum Gasteiger partial charge on any atom is -0.478 e. The average molecular weight is 415 g/mol. The summed E-state index contributed by atoms with van der Waals surface area (Å²) in [7, 11) is 0. The summed E-state index contributed by atoms with van der Waals surface area (Å²) in [6.45, 7) is 3.56. The minimum atomic E-state index is -1.11. The lowest BCUT2D eigenvalue weighted by molar-refractivity contribution is -0.134. The van der Waals surface area contributed by atoms with Crippen LogP contribution in [0.4, 0.5) is 5.82 Å². The van der Waals surface area contributed by atoms with Crippen molar-refractivity contribution in [3.63, 3.8) is 0 Å². The maximum Gasteiger partial charge on any atom is 0.335 e. The summed E-state index contributed by atoms with van der Waals surface area (Å²) in [6.07, 6.45) is 8.70. The molecule has 9 heteroatoms. The summed E-state index contributed by atoms with van der Waals surface area (Å²) in [4.78, 5) is 31.9. The number of aromatic nitrogens is 1. The zero-order valence-corrected chi connectivity index (χ0v) is 17.1. The van der Waals surface area contributed by atoms with Gasteiger partial charge in [-0.2, -0.15) is 0 Å². The molecule has 9 nitrogen and oxygen atoms in total. The first-order valence-corrected chi connectivity index (χ1v) is 10.1. The number of carbonyl (C=O) groups is 2. The first-order valence-electron chi connectivity index (χ1n) is 10.1. The Hall–Kier alpha value is -2.67. The first kappa shape index (κ1) is 22.0. The fourth-order valence-corrected chi connectivity index (χ4v) is 4.21. The number of likely N-dealkylation sites (tertiary alicyclic amines) is 1. The second-order valence-electron chi connectivity index (χ2n) is 8.23. The van der Waals surface area contributed by atoms with E-state index in [4.69, 9.17) is 17.3 Å². The Morgan fingerprint density at radius 1 is 1.43 bits per heavy atom. The summed E-state index contributed by atoms with van der Waals surface area (Å²) in [5.74, 6) is 2.12. The third-order valence-corrected chi connectivity index (χ3v) is 6.15. The van der Waals surface area contributed by atoms with Crippen molar-refractivity contribution in [3.05, 3.63) is 23.9 Å². The van der Waals surface area contributed by atoms with E-state index in [1.165, 1.54) is 17.2 Å². The van der Waals surface area contributed by atoms with Crippen LogP contribution in [0, 0.1) is 12.3 Å². The normalized spacial score (nSPS) is 24.3. The Morgan fingerprint density at radius 2 is 2.13 bits per heavy atom. The maximum absolute atomic E-state index is 12.8. The minimum absolute atomic E-state index is 0.116. The molecule has 3 atom stereocenters. The van der Waals surface area contributed by atoms with Gasteiger partial charge < -0.3 is 31.1 Å². The molecule has 3 heterocycles. The second kappa shape index (κ2) is 9.00. The molecule has 162 valence electrons. The molecule has 2 saturated heterocycles. The SMILES string of the molecule is C#C[C@H]1CC[C@@H](C(N)O)N1C(=O)CNC1(C)CCN(c2cc(C(=O)O)ccn2)CC1. The lowest BCUT2D eigenvalue weighted by atomic mass is 9.89. The molecule has 1 aromatic rings. The highest BCUT2D eigenvalue weighted by Gasteiger charge is 2.39. The van der Waals surface area contributed by atoms with Crippen LogP contribution in [-0.2, 0) is 4.79 Å². The summed E-state index contributed by atoms with van der Waals surface area (Å²) < 4.78 is 0. The third kappa shape index (κ3) is 4.73. The van der Waals surface area contributed by atoms with Gasteiger partial charge >= 0.3 is 5.97 Å². The van der Waals surface area contributed by atoms with Crippen molar-refractivity contribution in [3.8, 4) is 12.3 Å². The zero-order valence-electron chi connectivity index (χ0n) is 17.1. The third-order valence-electron chi connectivity index (χ3n) is 6.15. The molecule has 2 aliphatic heterocycles. The Labute approximate surface area is 176 Å². The summed E-state index contributed by atoms with van der Waals surface area (Å²) in [5.41, 5.74) is 5.59. The molecule has 30 heavy (non-hydrogen) atoms. The molecule has 2 aliphatic rings. The van der Waals surface area contributed by atoms with E-state index in [-0.39, 0.29) is 29.6 Å². The smallest absolute Gasteiger partial charge is 0.335 e. The molecule has 0 aromatic carbocycles. The fraction of sp³-hybridized carbons (Fsp3) is 0.571. The van der Waals surface area contributed by atoms with Crippen LogP contribution in [0.2, 0.25) is 0 Å². The van der Waals surface area contributed by atoms with Gasteiger partial charge in [0.05, 0.1) is 24.2 Å². The zero-order chi connectivity index (χ0) is 21.9. The topological polar surface area (TPSA) is 132 Å². The van der Waals surface area contributed by atoms with E-state index in [0.717, 1.165) is 12.8 Å². The van der Waals surface area contributed by atoms with Gasteiger partial charge in [0.1, 0.15) is 12.0 Å². The Bertz CT molecular complexity index is 829. The maximum atomic E-state index is 12.8. The number of hydrogen-bond donors (Lipinski definition) is 4. The number of hydrogen-bond acceptors (Lipinski definition) is 7. The van der Waals surface area contributed by atoms with Crippen molar-refractivity contribution in [2.45, 2.75) is 56.5 Å². The van der Waals surface area contributed by atoms with E-state index >= 15 is 0 Å². The highest BCUT2D eigenvalue weighted by molar-refractivity contribution is 5.88. The van der Waals surface area contributed by atoms with Crippen LogP contribution in [0.3, 0.4) is 0 Å². The van der Waals surface area contributed by atoms with E-state index in [0.29, 0.717) is 31.7 Å². The van der Waals surface area contributed by atoms with E-state index in [9.17, 15) is 14.7 Å². The van der Waals surface area contributed by atoms with Gasteiger partial charge in [-0.05, 0) is 44.7 Å². The van der Waals surface area contributed by atoms with Crippen LogP contribution in [-0.4, -0.2) is 75.5 Å². The number of rotatable bonds is 6. The van der Waals surface area contributed by atoms with Crippen LogP contribution < -0.4 is 16.0 Å². The van der Waals surface area contributed by atoms with Crippen molar-refractivity contribution in [1.29, 1.82) is 0 Å². The highest BCUT2D eigenvalue weighted by atomic mass is 16.4. The number of pyridine rings is 1. The van der Waals surface area contributed by atoms with Crippen molar-refractivity contribution in [1.82, 2.24) is 15.2 Å². The Morgan fingerprint density at radius 3 is 2.73 bits per heavy atom. The number of anilines is 1. The fourth-order valence-electron chi connectivity index (χ4n) is 4.21. The molecular formula is C21H29N5O4. The summed E-state index contributed by atoms with van der Waals surface area (Å²) in [5, 5.41) is 22.3. The predicted molar refractivity (Wildman–Crippen MR) is 112 cm³/mol. The van der Waals surface area contributed by atoms with Gasteiger partial charge in [-0.25, -0.2) is 9.78 Å². The number of aliphatic hydroxyl groups excluding tert-OH is 1. The Balaban J connectivity index is 1.57. The monoisotopic (exact) mass is 415 g/mol. The van der Waals surface area contributed by atoms with Gasteiger partial charge in [-0.1, -0.05) is 5.92 Å². The van der Waals surface area contributed by atoms with E-state index in [1.807, 2.05) is 4.90 Å². The largest absolute Gasteiger partial charge is 0.478 e. The van der Waals surface area contributed by atoms with Crippen LogP contribution in [0.1, 0.15) is 43.0 Å². The van der Waals surface area contributed by atoms with Gasteiger partial charge in [-0.15, -0.1) is 6.42 Å². The number of aliphatic hydroxyl groups is 1. The number of nitrogens with one attached hydrogen (secondary N) is 1. The average Bonchev–Trinajstić information content (AvgIpc) is 3.17. The lowest BCUT2D eigenvalue weighted by Crippen LogP contribution is -2.56. The predicted octanol–water partition coefficient (Wildman–Crippen LogP) is -0.00180. The molecule has 1 unspecified atom stereocenters. The number of nitrogens with zero attached hydrogens (tertiary/aromatic N) is 3. The van der Waals surface area contributed by atoms with Gasteiger partial charge in [0.25, 0.3) is 0 Å². The van der Waals surface area contributed by atoms with Gasteiger partial charge in [-0.3, -0.25) is 4.79 Å². The molecule has 1 amide bonds. The molecule has 1 aromatic heterocycles. The van der Waals surface area contributed by atoms with Crippen LogP contribution in [0.15, 0.2) is 18.3 Å².